The third-order valence-corrected chi connectivity index (χ3v) is 4.09. The van der Waals surface area contributed by atoms with Crippen LogP contribution in [0.1, 0.15) is 30.9 Å². The lowest BCUT2D eigenvalue weighted by molar-refractivity contribution is 0.340. The normalized spacial score (nSPS) is 10.6. The summed E-state index contributed by atoms with van der Waals surface area (Å²) in [6, 6.07) is 8.70. The minimum absolute atomic E-state index is 0.244. The van der Waals surface area contributed by atoms with Gasteiger partial charge in [0.25, 0.3) is 0 Å². The summed E-state index contributed by atoms with van der Waals surface area (Å²) in [4.78, 5) is 6.16. The zero-order valence-electron chi connectivity index (χ0n) is 15.5. The van der Waals surface area contributed by atoms with Crippen LogP contribution < -0.4 is 15.4 Å². The van der Waals surface area contributed by atoms with Crippen LogP contribution in [0.4, 0.5) is 20.3 Å². The van der Waals surface area contributed by atoms with Crippen LogP contribution in [-0.4, -0.2) is 43.7 Å². The summed E-state index contributed by atoms with van der Waals surface area (Å²) >= 11 is 0. The SMILES string of the molecule is CCOc1ccc(N)c(C(=N)c2ccnc(N(CCCF)CCCF)c2)c1. The van der Waals surface area contributed by atoms with E-state index in [4.69, 9.17) is 15.9 Å². The van der Waals surface area contributed by atoms with Crippen LogP contribution in [0.15, 0.2) is 36.5 Å². The van der Waals surface area contributed by atoms with Crippen LogP contribution in [0.3, 0.4) is 0 Å². The summed E-state index contributed by atoms with van der Waals surface area (Å²) in [5, 5.41) is 8.55. The van der Waals surface area contributed by atoms with Gasteiger partial charge >= 0.3 is 0 Å². The Hall–Kier alpha value is -2.70. The smallest absolute Gasteiger partial charge is 0.129 e. The first-order valence-electron chi connectivity index (χ1n) is 9.05. The first-order chi connectivity index (χ1) is 13.1. The summed E-state index contributed by atoms with van der Waals surface area (Å²) < 4.78 is 30.7. The number of nitrogens with zero attached hydrogens (tertiary/aromatic N) is 2. The molecule has 27 heavy (non-hydrogen) atoms. The standard InChI is InChI=1S/C20H26F2N4O/c1-2-27-16-5-6-18(23)17(14-16)20(24)15-7-10-25-19(13-15)26(11-3-8-21)12-4-9-22/h5-7,10,13-14,24H,2-4,8-9,11-12,23H2,1H3. The van der Waals surface area contributed by atoms with Gasteiger partial charge in [-0.1, -0.05) is 0 Å². The second-order valence-electron chi connectivity index (χ2n) is 6.03. The van der Waals surface area contributed by atoms with E-state index in [1.165, 1.54) is 0 Å². The summed E-state index contributed by atoms with van der Waals surface area (Å²) in [7, 11) is 0. The molecule has 1 heterocycles. The second kappa shape index (κ2) is 10.4. The Morgan fingerprint density at radius 2 is 1.85 bits per heavy atom. The lowest BCUT2D eigenvalue weighted by Crippen LogP contribution is -2.27. The van der Waals surface area contributed by atoms with E-state index in [1.54, 1.807) is 36.5 Å². The van der Waals surface area contributed by atoms with Gasteiger partial charge in [0.05, 0.1) is 25.7 Å². The highest BCUT2D eigenvalue weighted by atomic mass is 19.1. The van der Waals surface area contributed by atoms with Crippen LogP contribution >= 0.6 is 0 Å². The highest BCUT2D eigenvalue weighted by molar-refractivity contribution is 6.14. The molecule has 0 unspecified atom stereocenters. The number of aromatic nitrogens is 1. The topological polar surface area (TPSA) is 75.2 Å². The number of rotatable bonds is 11. The van der Waals surface area contributed by atoms with Gasteiger partial charge in [-0.2, -0.15) is 0 Å². The van der Waals surface area contributed by atoms with Crippen molar-refractivity contribution in [2.45, 2.75) is 19.8 Å². The van der Waals surface area contributed by atoms with E-state index in [0.717, 1.165) is 0 Å². The van der Waals surface area contributed by atoms with E-state index in [-0.39, 0.29) is 5.71 Å². The quantitative estimate of drug-likeness (QED) is 0.459. The molecule has 1 aromatic heterocycles. The van der Waals surface area contributed by atoms with E-state index in [1.807, 2.05) is 11.8 Å². The van der Waals surface area contributed by atoms with E-state index in [2.05, 4.69) is 4.98 Å². The van der Waals surface area contributed by atoms with Crippen molar-refractivity contribution >= 4 is 17.2 Å². The molecule has 1 aromatic carbocycles. The van der Waals surface area contributed by atoms with Crippen molar-refractivity contribution in [2.24, 2.45) is 0 Å². The summed E-state index contributed by atoms with van der Waals surface area (Å²) in [6.45, 7) is 2.42. The lowest BCUT2D eigenvalue weighted by atomic mass is 10.0. The fraction of sp³-hybridized carbons (Fsp3) is 0.400. The number of halogens is 2. The van der Waals surface area contributed by atoms with Gasteiger partial charge < -0.3 is 15.4 Å². The Morgan fingerprint density at radius 3 is 2.48 bits per heavy atom. The molecule has 0 aliphatic heterocycles. The van der Waals surface area contributed by atoms with E-state index < -0.39 is 13.3 Å². The van der Waals surface area contributed by atoms with Crippen LogP contribution in [0.5, 0.6) is 5.75 Å². The van der Waals surface area contributed by atoms with Crippen molar-refractivity contribution in [3.8, 4) is 5.75 Å². The highest BCUT2D eigenvalue weighted by Gasteiger charge is 2.14. The molecule has 0 atom stereocenters. The Morgan fingerprint density at radius 1 is 1.15 bits per heavy atom. The number of hydrogen-bond donors (Lipinski definition) is 2. The number of pyridine rings is 1. The fourth-order valence-corrected chi connectivity index (χ4v) is 2.75. The van der Waals surface area contributed by atoms with Crippen molar-refractivity contribution in [3.63, 3.8) is 0 Å². The Balaban J connectivity index is 2.29. The molecule has 7 heteroatoms. The van der Waals surface area contributed by atoms with Gasteiger partial charge in [0.15, 0.2) is 0 Å². The maximum atomic E-state index is 12.6. The van der Waals surface area contributed by atoms with Crippen LogP contribution in [-0.2, 0) is 0 Å². The maximum absolute atomic E-state index is 12.6. The number of alkyl halides is 2. The number of ether oxygens (including phenoxy) is 1. The first kappa shape index (κ1) is 20.6. The zero-order valence-corrected chi connectivity index (χ0v) is 15.5. The van der Waals surface area contributed by atoms with E-state index in [9.17, 15) is 8.78 Å². The summed E-state index contributed by atoms with van der Waals surface area (Å²) in [5.74, 6) is 1.24. The van der Waals surface area contributed by atoms with Crippen molar-refractivity contribution in [1.29, 1.82) is 5.41 Å². The Kier molecular flexibility index (Phi) is 7.98. The summed E-state index contributed by atoms with van der Waals surface area (Å²) in [5.41, 5.74) is 7.97. The van der Waals surface area contributed by atoms with Gasteiger partial charge in [-0.15, -0.1) is 0 Å². The molecule has 0 saturated heterocycles. The molecule has 2 aromatic rings. The number of hydrogen-bond acceptors (Lipinski definition) is 5. The first-order valence-corrected chi connectivity index (χ1v) is 9.05. The number of benzene rings is 1. The number of anilines is 2. The fourth-order valence-electron chi connectivity index (χ4n) is 2.75. The molecule has 0 amide bonds. The van der Waals surface area contributed by atoms with Gasteiger partial charge in [-0.05, 0) is 50.1 Å². The number of nitrogen functional groups attached to an aromatic ring is 1. The molecule has 2 rings (SSSR count). The monoisotopic (exact) mass is 376 g/mol. The Labute approximate surface area is 158 Å². The molecular formula is C20H26F2N4O. The average Bonchev–Trinajstić information content (AvgIpc) is 2.69. The van der Waals surface area contributed by atoms with E-state index in [0.29, 0.717) is 60.9 Å². The molecule has 0 spiro atoms. The lowest BCUT2D eigenvalue weighted by Gasteiger charge is -2.23. The third kappa shape index (κ3) is 5.64. The molecule has 0 bridgehead atoms. The second-order valence-corrected chi connectivity index (χ2v) is 6.03. The predicted octanol–water partition coefficient (Wildman–Crippen LogP) is 4.00. The largest absolute Gasteiger partial charge is 0.494 e. The van der Waals surface area contributed by atoms with E-state index >= 15 is 0 Å². The van der Waals surface area contributed by atoms with Gasteiger partial charge in [0, 0.05) is 36.1 Å². The number of nitrogens with two attached hydrogens (primary N) is 1. The highest BCUT2D eigenvalue weighted by Crippen LogP contribution is 2.24. The van der Waals surface area contributed by atoms with Crippen LogP contribution in [0.25, 0.3) is 0 Å². The molecule has 0 aliphatic rings. The summed E-state index contributed by atoms with van der Waals surface area (Å²) in [6.07, 6.45) is 2.29. The molecule has 0 saturated carbocycles. The minimum Gasteiger partial charge on any atom is -0.494 e. The third-order valence-electron chi connectivity index (χ3n) is 4.09. The molecule has 0 aliphatic carbocycles. The molecule has 0 radical (unpaired) electrons. The average molecular weight is 376 g/mol. The van der Waals surface area contributed by atoms with Crippen molar-refractivity contribution in [1.82, 2.24) is 4.98 Å². The minimum atomic E-state index is -0.442. The number of nitrogens with one attached hydrogen (secondary N) is 1. The maximum Gasteiger partial charge on any atom is 0.129 e. The molecule has 146 valence electrons. The van der Waals surface area contributed by atoms with Gasteiger partial charge in [-0.3, -0.25) is 14.2 Å². The van der Waals surface area contributed by atoms with Gasteiger partial charge in [0.2, 0.25) is 0 Å². The van der Waals surface area contributed by atoms with Crippen LogP contribution in [0.2, 0.25) is 0 Å². The molecule has 3 N–H and O–H groups in total. The Bertz CT molecular complexity index is 747. The van der Waals surface area contributed by atoms with Gasteiger partial charge in [0.1, 0.15) is 11.6 Å². The van der Waals surface area contributed by atoms with Crippen LogP contribution in [0, 0.1) is 5.41 Å². The molecular weight excluding hydrogens is 350 g/mol. The predicted molar refractivity (Wildman–Crippen MR) is 106 cm³/mol. The molecule has 5 nitrogen and oxygen atoms in total. The van der Waals surface area contributed by atoms with Crippen molar-refractivity contribution in [2.75, 3.05) is 43.7 Å². The van der Waals surface area contributed by atoms with Crippen molar-refractivity contribution < 1.29 is 13.5 Å². The molecule has 0 fully saturated rings. The van der Waals surface area contributed by atoms with Gasteiger partial charge in [-0.25, -0.2) is 4.98 Å². The van der Waals surface area contributed by atoms with Crippen molar-refractivity contribution in [3.05, 3.63) is 47.7 Å². The zero-order chi connectivity index (χ0) is 19.6.